The first-order valence-electron chi connectivity index (χ1n) is 6.15. The number of hydrogen-bond acceptors (Lipinski definition) is 3. The van der Waals surface area contributed by atoms with Crippen LogP contribution in [0.5, 0.6) is 0 Å². The Balaban J connectivity index is 2.23. The van der Waals surface area contributed by atoms with Gasteiger partial charge in [0.25, 0.3) is 5.91 Å². The van der Waals surface area contributed by atoms with Gasteiger partial charge in [0.1, 0.15) is 0 Å². The summed E-state index contributed by atoms with van der Waals surface area (Å²) in [6.45, 7) is 8.87. The van der Waals surface area contributed by atoms with Crippen LogP contribution < -0.4 is 5.32 Å². The van der Waals surface area contributed by atoms with E-state index in [1.165, 1.54) is 0 Å². The number of allylic oxidation sites excluding steroid dienone is 2. The third-order valence-corrected chi connectivity index (χ3v) is 2.74. The van der Waals surface area contributed by atoms with Crippen LogP contribution in [0.2, 0.25) is 0 Å². The number of morpholine rings is 1. The van der Waals surface area contributed by atoms with Crippen molar-refractivity contribution in [3.63, 3.8) is 0 Å². The maximum absolute atomic E-state index is 11.7. The van der Waals surface area contributed by atoms with Crippen LogP contribution in [0.15, 0.2) is 23.8 Å². The lowest BCUT2D eigenvalue weighted by molar-refractivity contribution is -0.117. The van der Waals surface area contributed by atoms with Gasteiger partial charge in [-0.2, -0.15) is 0 Å². The highest BCUT2D eigenvalue weighted by Gasteiger charge is 2.10. The number of carbonyl (C=O) groups is 1. The Morgan fingerprint density at radius 1 is 1.35 bits per heavy atom. The highest BCUT2D eigenvalue weighted by Crippen LogP contribution is 1.98. The first kappa shape index (κ1) is 13.9. The van der Waals surface area contributed by atoms with E-state index in [1.54, 1.807) is 0 Å². The molecule has 17 heavy (non-hydrogen) atoms. The standard InChI is InChI=1S/C13H22N2O2/c1-3-5-12(4-2)13(16)14-6-7-15-8-10-17-11-9-15/h3-5H,6-11H2,1-2H3,(H,14,16)/b5-3-,12-4+. The lowest BCUT2D eigenvalue weighted by Gasteiger charge is -2.26. The number of nitrogens with one attached hydrogen (secondary N) is 1. The molecule has 1 rings (SSSR count). The van der Waals surface area contributed by atoms with Crippen molar-refractivity contribution in [2.24, 2.45) is 0 Å². The number of rotatable bonds is 5. The normalized spacial score (nSPS) is 18.6. The van der Waals surface area contributed by atoms with Gasteiger partial charge in [-0.05, 0) is 13.8 Å². The van der Waals surface area contributed by atoms with Gasteiger partial charge in [-0.15, -0.1) is 0 Å². The monoisotopic (exact) mass is 238 g/mol. The van der Waals surface area contributed by atoms with Crippen LogP contribution >= 0.6 is 0 Å². The Hall–Kier alpha value is -1.13. The summed E-state index contributed by atoms with van der Waals surface area (Å²) in [4.78, 5) is 14.0. The number of amides is 1. The Labute approximate surface area is 103 Å². The fraction of sp³-hybridized carbons (Fsp3) is 0.615. The second kappa shape index (κ2) is 8.03. The molecule has 0 atom stereocenters. The predicted molar refractivity (Wildman–Crippen MR) is 68.8 cm³/mol. The maximum atomic E-state index is 11.7. The van der Waals surface area contributed by atoms with Gasteiger partial charge in [-0.25, -0.2) is 0 Å². The van der Waals surface area contributed by atoms with Gasteiger partial charge >= 0.3 is 0 Å². The first-order valence-corrected chi connectivity index (χ1v) is 6.15. The van der Waals surface area contributed by atoms with Crippen molar-refractivity contribution in [1.29, 1.82) is 0 Å². The molecule has 0 unspecified atom stereocenters. The van der Waals surface area contributed by atoms with Crippen molar-refractivity contribution in [3.8, 4) is 0 Å². The van der Waals surface area contributed by atoms with E-state index in [9.17, 15) is 4.79 Å². The lowest BCUT2D eigenvalue weighted by atomic mass is 10.2. The third-order valence-electron chi connectivity index (χ3n) is 2.74. The van der Waals surface area contributed by atoms with Gasteiger partial charge in [0.15, 0.2) is 0 Å². The molecule has 0 aliphatic carbocycles. The van der Waals surface area contributed by atoms with E-state index in [-0.39, 0.29) is 5.91 Å². The Bertz CT molecular complexity index is 292. The Morgan fingerprint density at radius 3 is 2.65 bits per heavy atom. The molecule has 1 aliphatic heterocycles. The molecular formula is C13H22N2O2. The zero-order chi connectivity index (χ0) is 12.5. The largest absolute Gasteiger partial charge is 0.379 e. The van der Waals surface area contributed by atoms with Crippen LogP contribution in [0.25, 0.3) is 0 Å². The average molecular weight is 238 g/mol. The van der Waals surface area contributed by atoms with E-state index in [4.69, 9.17) is 4.74 Å². The fourth-order valence-corrected chi connectivity index (χ4v) is 1.74. The second-order valence-corrected chi connectivity index (χ2v) is 3.95. The maximum Gasteiger partial charge on any atom is 0.250 e. The molecule has 0 bridgehead atoms. The lowest BCUT2D eigenvalue weighted by Crippen LogP contribution is -2.41. The van der Waals surface area contributed by atoms with Crippen LogP contribution in [0.1, 0.15) is 13.8 Å². The summed E-state index contributed by atoms with van der Waals surface area (Å²) < 4.78 is 5.27. The molecule has 1 amide bonds. The topological polar surface area (TPSA) is 41.6 Å². The smallest absolute Gasteiger partial charge is 0.250 e. The van der Waals surface area contributed by atoms with Crippen molar-refractivity contribution >= 4 is 5.91 Å². The minimum Gasteiger partial charge on any atom is -0.379 e. The molecular weight excluding hydrogens is 216 g/mol. The summed E-state index contributed by atoms with van der Waals surface area (Å²) in [5.74, 6) is -0.00106. The van der Waals surface area contributed by atoms with E-state index < -0.39 is 0 Å². The molecule has 1 saturated heterocycles. The quantitative estimate of drug-likeness (QED) is 0.573. The van der Waals surface area contributed by atoms with Gasteiger partial charge in [-0.3, -0.25) is 9.69 Å². The molecule has 0 aromatic rings. The molecule has 0 aromatic carbocycles. The SMILES string of the molecule is C/C=C\C(=C/C)C(=O)NCCN1CCOCC1. The summed E-state index contributed by atoms with van der Waals surface area (Å²) in [5.41, 5.74) is 0.717. The molecule has 1 N–H and O–H groups in total. The van der Waals surface area contributed by atoms with Crippen molar-refractivity contribution in [2.45, 2.75) is 13.8 Å². The predicted octanol–water partition coefficient (Wildman–Crippen LogP) is 0.957. The summed E-state index contributed by atoms with van der Waals surface area (Å²) in [6, 6.07) is 0. The van der Waals surface area contributed by atoms with Crippen molar-refractivity contribution < 1.29 is 9.53 Å². The minimum atomic E-state index is -0.00106. The van der Waals surface area contributed by atoms with Crippen LogP contribution in [-0.4, -0.2) is 50.2 Å². The summed E-state index contributed by atoms with van der Waals surface area (Å²) in [5, 5.41) is 2.92. The summed E-state index contributed by atoms with van der Waals surface area (Å²) in [7, 11) is 0. The third kappa shape index (κ3) is 5.15. The van der Waals surface area contributed by atoms with Crippen molar-refractivity contribution in [1.82, 2.24) is 10.2 Å². The van der Waals surface area contributed by atoms with E-state index in [2.05, 4.69) is 10.2 Å². The number of hydrogen-bond donors (Lipinski definition) is 1. The fourth-order valence-electron chi connectivity index (χ4n) is 1.74. The van der Waals surface area contributed by atoms with Gasteiger partial charge in [0.2, 0.25) is 0 Å². The number of nitrogens with zero attached hydrogens (tertiary/aromatic N) is 1. The van der Waals surface area contributed by atoms with Crippen LogP contribution in [0.3, 0.4) is 0 Å². The van der Waals surface area contributed by atoms with E-state index in [0.29, 0.717) is 6.54 Å². The summed E-state index contributed by atoms with van der Waals surface area (Å²) in [6.07, 6.45) is 5.52. The molecule has 1 fully saturated rings. The zero-order valence-corrected chi connectivity index (χ0v) is 10.7. The van der Waals surface area contributed by atoms with Crippen LogP contribution in [-0.2, 0) is 9.53 Å². The molecule has 1 aliphatic rings. The van der Waals surface area contributed by atoms with Gasteiger partial charge in [0, 0.05) is 31.8 Å². The Kier molecular flexibility index (Phi) is 6.58. The average Bonchev–Trinajstić information content (AvgIpc) is 2.37. The molecule has 96 valence electrons. The van der Waals surface area contributed by atoms with Gasteiger partial charge in [-0.1, -0.05) is 18.2 Å². The Morgan fingerprint density at radius 2 is 2.06 bits per heavy atom. The van der Waals surface area contributed by atoms with Crippen LogP contribution in [0, 0.1) is 0 Å². The number of ether oxygens (including phenoxy) is 1. The van der Waals surface area contributed by atoms with Crippen molar-refractivity contribution in [3.05, 3.63) is 23.8 Å². The highest BCUT2D eigenvalue weighted by atomic mass is 16.5. The minimum absolute atomic E-state index is 0.00106. The van der Waals surface area contributed by atoms with Crippen LogP contribution in [0.4, 0.5) is 0 Å². The second-order valence-electron chi connectivity index (χ2n) is 3.95. The molecule has 0 aromatic heterocycles. The molecule has 0 spiro atoms. The first-order chi connectivity index (χ1) is 8.27. The molecule has 1 heterocycles. The molecule has 4 nitrogen and oxygen atoms in total. The molecule has 0 saturated carbocycles. The van der Waals surface area contributed by atoms with E-state index >= 15 is 0 Å². The summed E-state index contributed by atoms with van der Waals surface area (Å²) >= 11 is 0. The van der Waals surface area contributed by atoms with Gasteiger partial charge in [0.05, 0.1) is 13.2 Å². The van der Waals surface area contributed by atoms with E-state index in [1.807, 2.05) is 32.1 Å². The highest BCUT2D eigenvalue weighted by molar-refractivity contribution is 5.95. The van der Waals surface area contributed by atoms with E-state index in [0.717, 1.165) is 38.4 Å². The van der Waals surface area contributed by atoms with Gasteiger partial charge < -0.3 is 10.1 Å². The zero-order valence-electron chi connectivity index (χ0n) is 10.7. The van der Waals surface area contributed by atoms with Crippen molar-refractivity contribution in [2.75, 3.05) is 39.4 Å². The molecule has 4 heteroatoms. The number of carbonyl (C=O) groups excluding carboxylic acids is 1. The molecule has 0 radical (unpaired) electrons.